The largest absolute Gasteiger partial charge is 0.343 e. The maximum Gasteiger partial charge on any atom is 0.343 e. The minimum atomic E-state index is -0.181. The maximum absolute atomic E-state index is 10.9. The van der Waals surface area contributed by atoms with E-state index in [0.717, 1.165) is 18.6 Å². The number of rotatable bonds is 4. The second-order valence-corrected chi connectivity index (χ2v) is 3.59. The number of terminal acetylenes is 1. The average molecular weight is 197 g/mol. The molecule has 0 unspecified atom stereocenters. The van der Waals surface area contributed by atoms with Crippen molar-refractivity contribution in [1.82, 2.24) is 14.8 Å². The van der Waals surface area contributed by atoms with E-state index < -0.39 is 0 Å². The highest BCUT2D eigenvalue weighted by molar-refractivity contribution is 7.99. The zero-order valence-corrected chi connectivity index (χ0v) is 8.23. The van der Waals surface area contributed by atoms with Gasteiger partial charge in [0.25, 0.3) is 0 Å². The molecule has 0 spiro atoms. The van der Waals surface area contributed by atoms with Gasteiger partial charge in [-0.25, -0.2) is 9.89 Å². The van der Waals surface area contributed by atoms with Crippen LogP contribution >= 0.6 is 11.8 Å². The highest BCUT2D eigenvalue weighted by atomic mass is 32.2. The van der Waals surface area contributed by atoms with Crippen molar-refractivity contribution >= 4 is 11.8 Å². The number of aromatic nitrogens is 3. The van der Waals surface area contributed by atoms with Crippen LogP contribution in [0.4, 0.5) is 0 Å². The zero-order chi connectivity index (χ0) is 9.68. The first-order chi connectivity index (χ1) is 6.25. The van der Waals surface area contributed by atoms with Gasteiger partial charge in [0.2, 0.25) is 0 Å². The first-order valence-corrected chi connectivity index (χ1v) is 4.92. The van der Waals surface area contributed by atoms with Gasteiger partial charge in [-0.2, -0.15) is 0 Å². The second kappa shape index (κ2) is 4.77. The van der Waals surface area contributed by atoms with Gasteiger partial charge >= 0.3 is 5.69 Å². The molecule has 0 aliphatic rings. The van der Waals surface area contributed by atoms with Crippen LogP contribution in [0.1, 0.15) is 12.8 Å². The highest BCUT2D eigenvalue weighted by Gasteiger charge is 2.02. The Hall–Kier alpha value is -1.15. The molecule has 0 bridgehead atoms. The van der Waals surface area contributed by atoms with Crippen LogP contribution in [0.5, 0.6) is 0 Å². The van der Waals surface area contributed by atoms with Gasteiger partial charge in [0, 0.05) is 19.2 Å². The third-order valence-corrected chi connectivity index (χ3v) is 2.65. The van der Waals surface area contributed by atoms with Crippen molar-refractivity contribution in [2.45, 2.75) is 18.0 Å². The maximum atomic E-state index is 10.9. The molecule has 0 atom stereocenters. The molecule has 0 aliphatic carbocycles. The summed E-state index contributed by atoms with van der Waals surface area (Å²) < 4.78 is 1.49. The molecule has 0 aliphatic heterocycles. The Morgan fingerprint density at radius 1 is 1.77 bits per heavy atom. The van der Waals surface area contributed by atoms with Gasteiger partial charge in [0.05, 0.1) is 0 Å². The Balaban J connectivity index is 2.42. The number of thioether (sulfide) groups is 1. The van der Waals surface area contributed by atoms with Crippen LogP contribution in [0, 0.1) is 12.3 Å². The quantitative estimate of drug-likeness (QED) is 0.437. The molecular weight excluding hydrogens is 186 g/mol. The average Bonchev–Trinajstić information content (AvgIpc) is 2.43. The lowest BCUT2D eigenvalue weighted by Gasteiger charge is -1.96. The highest BCUT2D eigenvalue weighted by Crippen LogP contribution is 2.13. The van der Waals surface area contributed by atoms with Gasteiger partial charge in [-0.15, -0.1) is 17.4 Å². The molecule has 1 heterocycles. The van der Waals surface area contributed by atoms with Crippen LogP contribution < -0.4 is 5.69 Å². The van der Waals surface area contributed by atoms with Crippen molar-refractivity contribution in [3.05, 3.63) is 10.5 Å². The number of aromatic amines is 1. The Morgan fingerprint density at radius 3 is 3.08 bits per heavy atom. The number of hydrogen-bond donors (Lipinski definition) is 1. The van der Waals surface area contributed by atoms with E-state index in [4.69, 9.17) is 6.42 Å². The van der Waals surface area contributed by atoms with Gasteiger partial charge in [-0.1, -0.05) is 11.8 Å². The fourth-order valence-electron chi connectivity index (χ4n) is 0.799. The molecule has 1 aromatic rings. The van der Waals surface area contributed by atoms with E-state index in [9.17, 15) is 4.79 Å². The number of hydrogen-bond acceptors (Lipinski definition) is 3. The van der Waals surface area contributed by atoms with E-state index in [1.54, 1.807) is 7.05 Å². The van der Waals surface area contributed by atoms with Crippen molar-refractivity contribution in [2.75, 3.05) is 5.75 Å². The molecule has 4 nitrogen and oxygen atoms in total. The zero-order valence-electron chi connectivity index (χ0n) is 7.41. The van der Waals surface area contributed by atoms with Crippen LogP contribution in [0.2, 0.25) is 0 Å². The monoisotopic (exact) mass is 197 g/mol. The van der Waals surface area contributed by atoms with Gasteiger partial charge in [-0.3, -0.25) is 4.57 Å². The number of nitrogens with one attached hydrogen (secondary N) is 1. The topological polar surface area (TPSA) is 50.7 Å². The summed E-state index contributed by atoms with van der Waals surface area (Å²) in [5.74, 6) is 3.45. The van der Waals surface area contributed by atoms with Gasteiger partial charge in [-0.05, 0) is 6.42 Å². The number of nitrogens with zero attached hydrogens (tertiary/aromatic N) is 2. The van der Waals surface area contributed by atoms with E-state index in [1.807, 2.05) is 0 Å². The van der Waals surface area contributed by atoms with E-state index in [-0.39, 0.29) is 5.69 Å². The first-order valence-electron chi connectivity index (χ1n) is 3.93. The third-order valence-electron chi connectivity index (χ3n) is 1.54. The smallest absolute Gasteiger partial charge is 0.273 e. The van der Waals surface area contributed by atoms with E-state index in [0.29, 0.717) is 5.16 Å². The predicted octanol–water partition coefficient (Wildman–Crippen LogP) is 0.614. The van der Waals surface area contributed by atoms with Gasteiger partial charge < -0.3 is 0 Å². The van der Waals surface area contributed by atoms with Crippen molar-refractivity contribution in [3.63, 3.8) is 0 Å². The minimum Gasteiger partial charge on any atom is -0.273 e. The second-order valence-electron chi connectivity index (χ2n) is 2.53. The summed E-state index contributed by atoms with van der Waals surface area (Å²) in [5.41, 5.74) is -0.181. The summed E-state index contributed by atoms with van der Waals surface area (Å²) in [6.07, 6.45) is 6.82. The summed E-state index contributed by atoms with van der Waals surface area (Å²) in [6.45, 7) is 0. The Morgan fingerprint density at radius 2 is 2.54 bits per heavy atom. The molecule has 70 valence electrons. The molecule has 0 saturated carbocycles. The fraction of sp³-hybridized carbons (Fsp3) is 0.500. The molecule has 0 saturated heterocycles. The Bertz CT molecular complexity index is 360. The van der Waals surface area contributed by atoms with Crippen molar-refractivity contribution in [1.29, 1.82) is 0 Å². The van der Waals surface area contributed by atoms with Crippen molar-refractivity contribution in [2.24, 2.45) is 7.05 Å². The molecular formula is C8H11N3OS. The van der Waals surface area contributed by atoms with Crippen LogP contribution in [-0.4, -0.2) is 20.5 Å². The summed E-state index contributed by atoms with van der Waals surface area (Å²) in [7, 11) is 1.69. The van der Waals surface area contributed by atoms with Crippen LogP contribution in [0.25, 0.3) is 0 Å². The summed E-state index contributed by atoms with van der Waals surface area (Å²) >= 11 is 1.53. The molecule has 0 aromatic carbocycles. The van der Waals surface area contributed by atoms with E-state index in [2.05, 4.69) is 16.1 Å². The third kappa shape index (κ3) is 2.67. The van der Waals surface area contributed by atoms with E-state index in [1.165, 1.54) is 16.3 Å². The van der Waals surface area contributed by atoms with Crippen LogP contribution in [-0.2, 0) is 7.05 Å². The normalized spacial score (nSPS) is 9.85. The fourth-order valence-corrected chi connectivity index (χ4v) is 1.66. The van der Waals surface area contributed by atoms with Gasteiger partial charge in [0.1, 0.15) is 0 Å². The Labute approximate surface area is 80.7 Å². The van der Waals surface area contributed by atoms with Crippen molar-refractivity contribution in [3.8, 4) is 12.3 Å². The number of H-pyrrole nitrogens is 1. The first kappa shape index (κ1) is 9.93. The molecule has 1 aromatic heterocycles. The standard InChI is InChI=1S/C8H11N3OS/c1-3-4-5-6-13-8-10-9-7(12)11(8)2/h1H,4-6H2,2H3,(H,9,12). The lowest BCUT2D eigenvalue weighted by atomic mass is 10.4. The lowest BCUT2D eigenvalue weighted by molar-refractivity contribution is 0.764. The molecule has 5 heteroatoms. The molecule has 0 radical (unpaired) electrons. The molecule has 0 amide bonds. The van der Waals surface area contributed by atoms with Crippen LogP contribution in [0.15, 0.2) is 9.95 Å². The summed E-state index contributed by atoms with van der Waals surface area (Å²) in [4.78, 5) is 10.9. The van der Waals surface area contributed by atoms with E-state index >= 15 is 0 Å². The summed E-state index contributed by atoms with van der Waals surface area (Å²) in [6, 6.07) is 0. The number of unbranched alkanes of at least 4 members (excludes halogenated alkanes) is 1. The van der Waals surface area contributed by atoms with Crippen molar-refractivity contribution < 1.29 is 0 Å². The van der Waals surface area contributed by atoms with Crippen LogP contribution in [0.3, 0.4) is 0 Å². The van der Waals surface area contributed by atoms with Gasteiger partial charge in [0.15, 0.2) is 5.16 Å². The molecule has 1 rings (SSSR count). The molecule has 13 heavy (non-hydrogen) atoms. The minimum absolute atomic E-state index is 0.181. The molecule has 0 fully saturated rings. The summed E-state index contributed by atoms with van der Waals surface area (Å²) in [5, 5.41) is 6.93. The SMILES string of the molecule is C#CCCCSc1n[nH]c(=O)n1C. The molecule has 1 N–H and O–H groups in total. The predicted molar refractivity (Wildman–Crippen MR) is 52.6 cm³/mol. The Kier molecular flexibility index (Phi) is 3.65. The lowest BCUT2D eigenvalue weighted by Crippen LogP contribution is -2.12.